The van der Waals surface area contributed by atoms with Crippen molar-refractivity contribution in [3.05, 3.63) is 47.5 Å². The summed E-state index contributed by atoms with van der Waals surface area (Å²) < 4.78 is 0. The van der Waals surface area contributed by atoms with Crippen molar-refractivity contribution in [1.82, 2.24) is 5.32 Å². The Kier molecular flexibility index (Phi) is 5.82. The summed E-state index contributed by atoms with van der Waals surface area (Å²) in [6, 6.07) is 12.0. The van der Waals surface area contributed by atoms with E-state index in [9.17, 15) is 5.11 Å². The van der Waals surface area contributed by atoms with Crippen LogP contribution in [0.1, 0.15) is 83.6 Å². The highest BCUT2D eigenvalue weighted by molar-refractivity contribution is 5.36. The van der Waals surface area contributed by atoms with Crippen LogP contribution in [0.3, 0.4) is 0 Å². The van der Waals surface area contributed by atoms with Crippen LogP contribution in [-0.4, -0.2) is 23.4 Å². The summed E-state index contributed by atoms with van der Waals surface area (Å²) in [6.07, 6.45) is 13.7. The van der Waals surface area contributed by atoms with Gasteiger partial charge in [0.05, 0.1) is 0 Å². The molecule has 5 saturated carbocycles. The highest BCUT2D eigenvalue weighted by Crippen LogP contribution is 2.68. The number of allylic oxidation sites excluding steroid dienone is 2. The van der Waals surface area contributed by atoms with Crippen LogP contribution in [0.4, 0.5) is 0 Å². The Labute approximate surface area is 188 Å². The van der Waals surface area contributed by atoms with Gasteiger partial charge in [-0.1, -0.05) is 55.8 Å². The number of aliphatic hydroxyl groups is 1. The van der Waals surface area contributed by atoms with Crippen molar-refractivity contribution in [2.45, 2.75) is 102 Å². The van der Waals surface area contributed by atoms with Crippen LogP contribution in [-0.2, 0) is 5.41 Å². The molecule has 3 nitrogen and oxygen atoms in total. The molecule has 5 aliphatic carbocycles. The lowest BCUT2D eigenvalue weighted by atomic mass is 9.41. The van der Waals surface area contributed by atoms with Gasteiger partial charge in [0, 0.05) is 17.5 Å². The molecule has 5 aliphatic rings. The molecule has 0 spiro atoms. The van der Waals surface area contributed by atoms with Crippen molar-refractivity contribution in [2.75, 3.05) is 0 Å². The molecular weight excluding hydrogens is 380 g/mol. The van der Waals surface area contributed by atoms with E-state index in [2.05, 4.69) is 55.6 Å². The monoisotopic (exact) mass is 422 g/mol. The van der Waals surface area contributed by atoms with Gasteiger partial charge in [-0.25, -0.2) is 0 Å². The van der Waals surface area contributed by atoms with Crippen molar-refractivity contribution in [3.63, 3.8) is 0 Å². The lowest BCUT2D eigenvalue weighted by Gasteiger charge is -2.64. The maximum Gasteiger partial charge on any atom is 0.110 e. The van der Waals surface area contributed by atoms with Crippen LogP contribution < -0.4 is 11.1 Å². The molecule has 0 heterocycles. The Morgan fingerprint density at radius 3 is 2.29 bits per heavy atom. The summed E-state index contributed by atoms with van der Waals surface area (Å²) in [5, 5.41) is 15.3. The van der Waals surface area contributed by atoms with E-state index in [1.807, 2.05) is 0 Å². The summed E-state index contributed by atoms with van der Waals surface area (Å²) in [6.45, 7) is 4.65. The third-order valence-corrected chi connectivity index (χ3v) is 9.17. The van der Waals surface area contributed by atoms with Gasteiger partial charge in [0.15, 0.2) is 0 Å². The Bertz CT molecular complexity index is 774. The number of aliphatic hydroxyl groups excluding tert-OH is 1. The zero-order valence-corrected chi connectivity index (χ0v) is 19.5. The quantitative estimate of drug-likeness (QED) is 0.431. The van der Waals surface area contributed by atoms with E-state index in [1.54, 1.807) is 5.57 Å². The van der Waals surface area contributed by atoms with Crippen LogP contribution in [0.2, 0.25) is 0 Å². The van der Waals surface area contributed by atoms with E-state index in [0.717, 1.165) is 44.9 Å². The lowest BCUT2D eigenvalue weighted by molar-refractivity contribution is -0.125. The molecule has 170 valence electrons. The van der Waals surface area contributed by atoms with Crippen LogP contribution >= 0.6 is 0 Å². The highest BCUT2D eigenvalue weighted by Gasteiger charge is 2.62. The van der Waals surface area contributed by atoms with Gasteiger partial charge in [-0.3, -0.25) is 5.32 Å². The average molecular weight is 423 g/mol. The van der Waals surface area contributed by atoms with Gasteiger partial charge < -0.3 is 10.8 Å². The number of hydrogen-bond acceptors (Lipinski definition) is 3. The van der Waals surface area contributed by atoms with Crippen LogP contribution in [0.25, 0.3) is 0 Å². The van der Waals surface area contributed by atoms with Crippen LogP contribution in [0.15, 0.2) is 42.0 Å². The smallest absolute Gasteiger partial charge is 0.110 e. The number of benzene rings is 1. The summed E-state index contributed by atoms with van der Waals surface area (Å²) in [7, 11) is 0. The van der Waals surface area contributed by atoms with Gasteiger partial charge in [-0.05, 0) is 92.9 Å². The molecule has 0 aromatic heterocycles. The second-order valence-corrected chi connectivity index (χ2v) is 11.9. The maximum absolute atomic E-state index is 11.6. The molecule has 0 amide bonds. The lowest BCUT2D eigenvalue weighted by Crippen LogP contribution is -2.62. The number of nitrogens with one attached hydrogen (secondary N) is 1. The van der Waals surface area contributed by atoms with E-state index in [-0.39, 0.29) is 10.8 Å². The fourth-order valence-electron chi connectivity index (χ4n) is 7.84. The molecule has 0 radical (unpaired) electrons. The molecule has 3 unspecified atom stereocenters. The van der Waals surface area contributed by atoms with Gasteiger partial charge >= 0.3 is 0 Å². The summed E-state index contributed by atoms with van der Waals surface area (Å²) in [4.78, 5) is 0. The molecular formula is C28H42N2O. The van der Waals surface area contributed by atoms with E-state index < -0.39 is 6.23 Å². The van der Waals surface area contributed by atoms with Gasteiger partial charge in [-0.2, -0.15) is 0 Å². The SMILES string of the molecule is CC(C)CC=C1C2CC3(c4ccccc4)CC1CC(C(O)NC1CCC(N)CC1)(C2)C3. The second kappa shape index (κ2) is 8.32. The van der Waals surface area contributed by atoms with Crippen molar-refractivity contribution >= 4 is 0 Å². The van der Waals surface area contributed by atoms with E-state index in [4.69, 9.17) is 5.73 Å². The first-order chi connectivity index (χ1) is 14.9. The van der Waals surface area contributed by atoms with E-state index >= 15 is 0 Å². The van der Waals surface area contributed by atoms with Crippen molar-refractivity contribution in [3.8, 4) is 0 Å². The predicted molar refractivity (Wildman–Crippen MR) is 128 cm³/mol. The van der Waals surface area contributed by atoms with E-state index in [1.165, 1.54) is 24.8 Å². The molecule has 0 saturated heterocycles. The van der Waals surface area contributed by atoms with Crippen LogP contribution in [0, 0.1) is 23.2 Å². The molecule has 31 heavy (non-hydrogen) atoms. The molecule has 3 atom stereocenters. The standard InChI is InChI=1S/C28H42N2O/c1-19(2)8-13-25-20-14-27(22-6-4-3-5-7-22)15-21(25)17-28(16-20,18-27)26(31)30-24-11-9-23(29)10-12-24/h3-7,13,19-21,23-24,26,30-31H,8-12,14-18,29H2,1-2H3. The Balaban J connectivity index is 1.43. The fourth-order valence-corrected chi connectivity index (χ4v) is 7.84. The van der Waals surface area contributed by atoms with Gasteiger partial charge in [0.25, 0.3) is 0 Å². The zero-order chi connectivity index (χ0) is 21.6. The minimum Gasteiger partial charge on any atom is -0.378 e. The first kappa shape index (κ1) is 21.7. The second-order valence-electron chi connectivity index (χ2n) is 11.9. The number of rotatable bonds is 6. The third kappa shape index (κ3) is 4.03. The van der Waals surface area contributed by atoms with Crippen molar-refractivity contribution in [1.29, 1.82) is 0 Å². The number of hydrogen-bond donors (Lipinski definition) is 3. The van der Waals surface area contributed by atoms with E-state index in [0.29, 0.717) is 29.8 Å². The Morgan fingerprint density at radius 2 is 1.68 bits per heavy atom. The third-order valence-electron chi connectivity index (χ3n) is 9.17. The summed E-state index contributed by atoms with van der Waals surface area (Å²) >= 11 is 0. The van der Waals surface area contributed by atoms with Crippen LogP contribution in [0.5, 0.6) is 0 Å². The first-order valence-corrected chi connectivity index (χ1v) is 12.8. The molecule has 4 N–H and O–H groups in total. The van der Waals surface area contributed by atoms with Crippen molar-refractivity contribution in [2.24, 2.45) is 28.9 Å². The fraction of sp³-hybridized carbons (Fsp3) is 0.714. The molecule has 1 aromatic rings. The first-order valence-electron chi connectivity index (χ1n) is 12.8. The predicted octanol–water partition coefficient (Wildman–Crippen LogP) is 5.28. The maximum atomic E-state index is 11.6. The minimum atomic E-state index is -0.396. The highest BCUT2D eigenvalue weighted by atomic mass is 16.3. The summed E-state index contributed by atoms with van der Waals surface area (Å²) in [5.41, 5.74) is 9.61. The average Bonchev–Trinajstić information content (AvgIpc) is 2.75. The molecule has 1 aromatic carbocycles. The molecule has 3 heteroatoms. The molecule has 4 bridgehead atoms. The van der Waals surface area contributed by atoms with Crippen molar-refractivity contribution < 1.29 is 5.11 Å². The minimum absolute atomic E-state index is 0.0103. The summed E-state index contributed by atoms with van der Waals surface area (Å²) in [5.74, 6) is 1.99. The van der Waals surface area contributed by atoms with Gasteiger partial charge in [0.2, 0.25) is 0 Å². The van der Waals surface area contributed by atoms with Gasteiger partial charge in [0.1, 0.15) is 6.23 Å². The molecule has 5 fully saturated rings. The molecule has 0 aliphatic heterocycles. The molecule has 6 rings (SSSR count). The normalized spacial score (nSPS) is 40.4. The van der Waals surface area contributed by atoms with Gasteiger partial charge in [-0.15, -0.1) is 0 Å². The number of nitrogens with two attached hydrogens (primary N) is 1. The Hall–Kier alpha value is -1.16. The Morgan fingerprint density at radius 1 is 1.03 bits per heavy atom. The topological polar surface area (TPSA) is 58.3 Å². The zero-order valence-electron chi connectivity index (χ0n) is 19.5. The largest absolute Gasteiger partial charge is 0.378 e.